The summed E-state index contributed by atoms with van der Waals surface area (Å²) >= 11 is 0. The van der Waals surface area contributed by atoms with Gasteiger partial charge in [-0.3, -0.25) is 14.5 Å². The van der Waals surface area contributed by atoms with Gasteiger partial charge in [0, 0.05) is 43.5 Å². The van der Waals surface area contributed by atoms with Gasteiger partial charge >= 0.3 is 0 Å². The number of likely N-dealkylation sites (tertiary alicyclic amines) is 2. The minimum absolute atomic E-state index is 0.356. The standard InChI is InChI=1S/C18H32N4O/c1-15(2)22-13-17(10-19-22)11-20-8-5-18(6-9-20)21-7-3-4-16(12-21)14-23/h10,13,15-16,18,23H,3-9,11-12,14H2,1-2H3/t16-/m0/s1. The molecule has 3 rings (SSSR count). The Balaban J connectivity index is 1.46. The number of hydrogen-bond acceptors (Lipinski definition) is 4. The molecule has 2 fully saturated rings. The van der Waals surface area contributed by atoms with Crippen LogP contribution in [0.1, 0.15) is 51.1 Å². The molecule has 0 spiro atoms. The zero-order valence-electron chi connectivity index (χ0n) is 14.7. The van der Waals surface area contributed by atoms with Gasteiger partial charge in [-0.1, -0.05) is 0 Å². The summed E-state index contributed by atoms with van der Waals surface area (Å²) in [6.45, 7) is 10.4. The van der Waals surface area contributed by atoms with Gasteiger partial charge < -0.3 is 5.11 Å². The lowest BCUT2D eigenvalue weighted by Gasteiger charge is -2.42. The van der Waals surface area contributed by atoms with Crippen molar-refractivity contribution < 1.29 is 5.11 Å². The maximum absolute atomic E-state index is 9.41. The van der Waals surface area contributed by atoms with Crippen molar-refractivity contribution in [2.24, 2.45) is 5.92 Å². The van der Waals surface area contributed by atoms with E-state index < -0.39 is 0 Å². The van der Waals surface area contributed by atoms with Crippen LogP contribution in [0.3, 0.4) is 0 Å². The van der Waals surface area contributed by atoms with E-state index in [4.69, 9.17) is 0 Å². The Hall–Kier alpha value is -0.910. The first-order valence-electron chi connectivity index (χ1n) is 9.26. The van der Waals surface area contributed by atoms with Gasteiger partial charge in [0.05, 0.1) is 6.20 Å². The lowest BCUT2D eigenvalue weighted by molar-refractivity contribution is 0.0526. The van der Waals surface area contributed by atoms with Crippen molar-refractivity contribution in [2.45, 2.75) is 58.2 Å². The molecule has 5 nitrogen and oxygen atoms in total. The molecule has 2 saturated heterocycles. The van der Waals surface area contributed by atoms with E-state index in [1.165, 1.54) is 50.9 Å². The van der Waals surface area contributed by atoms with E-state index in [-0.39, 0.29) is 0 Å². The molecule has 0 unspecified atom stereocenters. The van der Waals surface area contributed by atoms with Crippen LogP contribution < -0.4 is 0 Å². The van der Waals surface area contributed by atoms with Crippen LogP contribution in [-0.2, 0) is 6.54 Å². The van der Waals surface area contributed by atoms with E-state index in [1.54, 1.807) is 0 Å². The van der Waals surface area contributed by atoms with E-state index in [2.05, 4.69) is 34.9 Å². The minimum atomic E-state index is 0.356. The van der Waals surface area contributed by atoms with Crippen LogP contribution in [0, 0.1) is 5.92 Å². The Morgan fingerprint density at radius 1 is 1.22 bits per heavy atom. The lowest BCUT2D eigenvalue weighted by atomic mass is 9.94. The number of hydrogen-bond donors (Lipinski definition) is 1. The van der Waals surface area contributed by atoms with E-state index in [1.807, 2.05) is 10.9 Å². The highest BCUT2D eigenvalue weighted by Gasteiger charge is 2.28. The molecule has 1 atom stereocenters. The summed E-state index contributed by atoms with van der Waals surface area (Å²) in [5.74, 6) is 0.503. The van der Waals surface area contributed by atoms with Gasteiger partial charge in [0.2, 0.25) is 0 Å². The van der Waals surface area contributed by atoms with Crippen LogP contribution in [-0.4, -0.2) is 63.5 Å². The van der Waals surface area contributed by atoms with Gasteiger partial charge in [-0.2, -0.15) is 5.10 Å². The fourth-order valence-corrected chi connectivity index (χ4v) is 4.02. The van der Waals surface area contributed by atoms with Crippen molar-refractivity contribution in [3.63, 3.8) is 0 Å². The molecule has 1 aromatic heterocycles. The summed E-state index contributed by atoms with van der Waals surface area (Å²) in [5, 5.41) is 13.9. The van der Waals surface area contributed by atoms with Crippen LogP contribution in [0.5, 0.6) is 0 Å². The Kier molecular flexibility index (Phi) is 5.72. The van der Waals surface area contributed by atoms with Crippen LogP contribution in [0.4, 0.5) is 0 Å². The van der Waals surface area contributed by atoms with Gasteiger partial charge in [0.25, 0.3) is 0 Å². The maximum atomic E-state index is 9.41. The molecule has 23 heavy (non-hydrogen) atoms. The van der Waals surface area contributed by atoms with Crippen LogP contribution >= 0.6 is 0 Å². The highest BCUT2D eigenvalue weighted by molar-refractivity contribution is 5.04. The SMILES string of the molecule is CC(C)n1cc(CN2CCC(N3CCC[C@H](CO)C3)CC2)cn1. The largest absolute Gasteiger partial charge is 0.396 e. The molecule has 0 aromatic carbocycles. The monoisotopic (exact) mass is 320 g/mol. The zero-order chi connectivity index (χ0) is 16.2. The highest BCUT2D eigenvalue weighted by Crippen LogP contribution is 2.24. The maximum Gasteiger partial charge on any atom is 0.0534 e. The van der Waals surface area contributed by atoms with Crippen LogP contribution in [0.15, 0.2) is 12.4 Å². The number of aromatic nitrogens is 2. The highest BCUT2D eigenvalue weighted by atomic mass is 16.3. The third kappa shape index (κ3) is 4.34. The topological polar surface area (TPSA) is 44.5 Å². The average Bonchev–Trinajstić information content (AvgIpc) is 3.04. The summed E-state index contributed by atoms with van der Waals surface area (Å²) in [4.78, 5) is 5.20. The molecule has 2 aliphatic heterocycles. The van der Waals surface area contributed by atoms with Gasteiger partial charge in [0.15, 0.2) is 0 Å². The number of aliphatic hydroxyl groups excluding tert-OH is 1. The Bertz CT molecular complexity index is 479. The fraction of sp³-hybridized carbons (Fsp3) is 0.833. The molecule has 0 radical (unpaired) electrons. The molecule has 5 heteroatoms. The molecular weight excluding hydrogens is 288 g/mol. The quantitative estimate of drug-likeness (QED) is 0.903. The molecule has 1 aromatic rings. The summed E-state index contributed by atoms with van der Waals surface area (Å²) < 4.78 is 2.05. The summed E-state index contributed by atoms with van der Waals surface area (Å²) in [7, 11) is 0. The normalized spacial score (nSPS) is 25.3. The molecule has 1 N–H and O–H groups in total. The second-order valence-corrected chi connectivity index (χ2v) is 7.62. The zero-order valence-corrected chi connectivity index (χ0v) is 14.7. The van der Waals surface area contributed by atoms with Gasteiger partial charge in [-0.15, -0.1) is 0 Å². The molecule has 0 bridgehead atoms. The molecule has 2 aliphatic rings. The fourth-order valence-electron chi connectivity index (χ4n) is 4.02. The average molecular weight is 320 g/mol. The second kappa shape index (κ2) is 7.77. The van der Waals surface area contributed by atoms with Crippen molar-refractivity contribution >= 4 is 0 Å². The van der Waals surface area contributed by atoms with E-state index in [9.17, 15) is 5.11 Å². The predicted molar refractivity (Wildman–Crippen MR) is 92.3 cm³/mol. The number of rotatable bonds is 5. The van der Waals surface area contributed by atoms with E-state index in [0.717, 1.165) is 19.1 Å². The summed E-state index contributed by atoms with van der Waals surface area (Å²) in [5.41, 5.74) is 1.33. The third-order valence-electron chi connectivity index (χ3n) is 5.47. The molecule has 0 aliphatic carbocycles. The van der Waals surface area contributed by atoms with E-state index in [0.29, 0.717) is 18.6 Å². The molecule has 0 amide bonds. The van der Waals surface area contributed by atoms with Crippen molar-refractivity contribution in [1.29, 1.82) is 0 Å². The van der Waals surface area contributed by atoms with Crippen molar-refractivity contribution in [3.8, 4) is 0 Å². The van der Waals surface area contributed by atoms with Gasteiger partial charge in [-0.05, 0) is 65.1 Å². The molecule has 0 saturated carbocycles. The van der Waals surface area contributed by atoms with Gasteiger partial charge in [0.1, 0.15) is 0 Å². The first-order chi connectivity index (χ1) is 11.2. The van der Waals surface area contributed by atoms with Gasteiger partial charge in [-0.25, -0.2) is 0 Å². The minimum Gasteiger partial charge on any atom is -0.396 e. The second-order valence-electron chi connectivity index (χ2n) is 7.62. The smallest absolute Gasteiger partial charge is 0.0534 e. The van der Waals surface area contributed by atoms with Crippen LogP contribution in [0.2, 0.25) is 0 Å². The van der Waals surface area contributed by atoms with Crippen molar-refractivity contribution in [1.82, 2.24) is 19.6 Å². The summed E-state index contributed by atoms with van der Waals surface area (Å²) in [6, 6.07) is 1.16. The Labute approximate surface area is 140 Å². The number of piperidine rings is 2. The Morgan fingerprint density at radius 3 is 2.65 bits per heavy atom. The Morgan fingerprint density at radius 2 is 2.00 bits per heavy atom. The first-order valence-corrected chi connectivity index (χ1v) is 9.26. The summed E-state index contributed by atoms with van der Waals surface area (Å²) in [6.07, 6.45) is 9.17. The molecule has 130 valence electrons. The van der Waals surface area contributed by atoms with Crippen LogP contribution in [0.25, 0.3) is 0 Å². The number of nitrogens with zero attached hydrogens (tertiary/aromatic N) is 4. The van der Waals surface area contributed by atoms with E-state index >= 15 is 0 Å². The van der Waals surface area contributed by atoms with Crippen molar-refractivity contribution in [2.75, 3.05) is 32.8 Å². The number of aliphatic hydroxyl groups is 1. The molecule has 3 heterocycles. The molecular formula is C18H32N4O. The predicted octanol–water partition coefficient (Wildman–Crippen LogP) is 2.13. The third-order valence-corrected chi connectivity index (χ3v) is 5.47. The lowest BCUT2D eigenvalue weighted by Crippen LogP contribution is -2.48. The first kappa shape index (κ1) is 16.9. The van der Waals surface area contributed by atoms with Crippen molar-refractivity contribution in [3.05, 3.63) is 18.0 Å².